The number of rotatable bonds is 7. The van der Waals surface area contributed by atoms with Crippen molar-refractivity contribution in [1.82, 2.24) is 4.72 Å². The summed E-state index contributed by atoms with van der Waals surface area (Å²) < 4.78 is 45.1. The van der Waals surface area contributed by atoms with Gasteiger partial charge in [-0.25, -0.2) is 17.5 Å². The maximum atomic E-state index is 13.2. The predicted molar refractivity (Wildman–Crippen MR) is 97.2 cm³/mol. The monoisotopic (exact) mass is 380 g/mol. The number of sulfonamides is 1. The van der Waals surface area contributed by atoms with Gasteiger partial charge < -0.3 is 10.1 Å². The summed E-state index contributed by atoms with van der Waals surface area (Å²) in [7, 11) is -3.58. The lowest BCUT2D eigenvalue weighted by atomic mass is 10.2. The molecule has 140 valence electrons. The van der Waals surface area contributed by atoms with Gasteiger partial charge in [-0.05, 0) is 62.7 Å². The molecule has 0 saturated carbocycles. The van der Waals surface area contributed by atoms with Crippen LogP contribution in [0.25, 0.3) is 0 Å². The average molecular weight is 380 g/mol. The van der Waals surface area contributed by atoms with E-state index in [-0.39, 0.29) is 17.5 Å². The quantitative estimate of drug-likeness (QED) is 0.774. The molecule has 0 heterocycles. The van der Waals surface area contributed by atoms with Gasteiger partial charge in [0, 0.05) is 11.7 Å². The van der Waals surface area contributed by atoms with Crippen LogP contribution in [0.1, 0.15) is 19.4 Å². The van der Waals surface area contributed by atoms with Gasteiger partial charge in [-0.15, -0.1) is 0 Å². The Labute approximate surface area is 152 Å². The maximum absolute atomic E-state index is 13.2. The van der Waals surface area contributed by atoms with Crippen LogP contribution in [0.4, 0.5) is 10.1 Å². The van der Waals surface area contributed by atoms with Gasteiger partial charge in [0.1, 0.15) is 11.6 Å². The second-order valence-electron chi connectivity index (χ2n) is 6.04. The molecule has 2 aromatic carbocycles. The highest BCUT2D eigenvalue weighted by Crippen LogP contribution is 2.18. The van der Waals surface area contributed by atoms with E-state index in [1.807, 2.05) is 0 Å². The molecule has 0 spiro atoms. The van der Waals surface area contributed by atoms with Gasteiger partial charge in [-0.2, -0.15) is 0 Å². The van der Waals surface area contributed by atoms with Gasteiger partial charge >= 0.3 is 0 Å². The standard InChI is InChI=1S/C18H21FN2O4S/c1-12(2)21-26(23,24)16-8-6-15(7-9-16)25-11-18(22)20-17-10-14(19)5-4-13(17)3/h4-10,12,21H,11H2,1-3H3,(H,20,22). The molecular formula is C18H21FN2O4S. The summed E-state index contributed by atoms with van der Waals surface area (Å²) >= 11 is 0. The summed E-state index contributed by atoms with van der Waals surface area (Å²) in [4.78, 5) is 12.0. The van der Waals surface area contributed by atoms with Crippen molar-refractivity contribution in [3.05, 3.63) is 53.8 Å². The zero-order valence-electron chi connectivity index (χ0n) is 14.7. The fourth-order valence-corrected chi connectivity index (χ4v) is 3.41. The number of amides is 1. The molecule has 8 heteroatoms. The van der Waals surface area contributed by atoms with E-state index in [9.17, 15) is 17.6 Å². The molecule has 26 heavy (non-hydrogen) atoms. The minimum absolute atomic E-state index is 0.110. The van der Waals surface area contributed by atoms with Crippen LogP contribution in [-0.2, 0) is 14.8 Å². The highest BCUT2D eigenvalue weighted by molar-refractivity contribution is 7.89. The molecule has 0 aliphatic heterocycles. The van der Waals surface area contributed by atoms with Gasteiger partial charge in [-0.1, -0.05) is 6.07 Å². The Morgan fingerprint density at radius 2 is 1.81 bits per heavy atom. The third-order valence-electron chi connectivity index (χ3n) is 3.37. The van der Waals surface area contributed by atoms with E-state index in [2.05, 4.69) is 10.0 Å². The fourth-order valence-electron chi connectivity index (χ4n) is 2.16. The fraction of sp³-hybridized carbons (Fsp3) is 0.278. The van der Waals surface area contributed by atoms with E-state index in [4.69, 9.17) is 4.74 Å². The third kappa shape index (κ3) is 5.53. The molecule has 0 fully saturated rings. The van der Waals surface area contributed by atoms with Crippen molar-refractivity contribution < 1.29 is 22.3 Å². The first-order chi connectivity index (χ1) is 12.2. The van der Waals surface area contributed by atoms with Crippen LogP contribution in [0.5, 0.6) is 5.75 Å². The molecule has 6 nitrogen and oxygen atoms in total. The zero-order chi connectivity index (χ0) is 19.3. The Kier molecular flexibility index (Phi) is 6.33. The van der Waals surface area contributed by atoms with Crippen molar-refractivity contribution in [2.24, 2.45) is 0 Å². The molecule has 0 radical (unpaired) electrons. The molecule has 0 aliphatic rings. The number of carbonyl (C=O) groups is 1. The van der Waals surface area contributed by atoms with Crippen LogP contribution in [0.15, 0.2) is 47.4 Å². The van der Waals surface area contributed by atoms with Gasteiger partial charge in [-0.3, -0.25) is 4.79 Å². The number of ether oxygens (including phenoxy) is 1. The van der Waals surface area contributed by atoms with Crippen LogP contribution in [0.3, 0.4) is 0 Å². The SMILES string of the molecule is Cc1ccc(F)cc1NC(=O)COc1ccc(S(=O)(=O)NC(C)C)cc1. The van der Waals surface area contributed by atoms with Crippen molar-refractivity contribution >= 4 is 21.6 Å². The van der Waals surface area contributed by atoms with E-state index in [0.717, 1.165) is 5.56 Å². The summed E-state index contributed by atoms with van der Waals surface area (Å²) in [5.41, 5.74) is 1.10. The number of hydrogen-bond donors (Lipinski definition) is 2. The normalized spacial score (nSPS) is 11.4. The lowest BCUT2D eigenvalue weighted by molar-refractivity contribution is -0.118. The molecular weight excluding hydrogens is 359 g/mol. The van der Waals surface area contributed by atoms with E-state index in [1.165, 1.54) is 36.4 Å². The van der Waals surface area contributed by atoms with E-state index >= 15 is 0 Å². The lowest BCUT2D eigenvalue weighted by Gasteiger charge is -2.11. The van der Waals surface area contributed by atoms with Crippen molar-refractivity contribution in [1.29, 1.82) is 0 Å². The summed E-state index contributed by atoms with van der Waals surface area (Å²) in [6.45, 7) is 4.93. The third-order valence-corrected chi connectivity index (χ3v) is 5.04. The molecule has 0 bridgehead atoms. The average Bonchev–Trinajstić information content (AvgIpc) is 2.55. The number of hydrogen-bond acceptors (Lipinski definition) is 4. The van der Waals surface area contributed by atoms with Crippen LogP contribution < -0.4 is 14.8 Å². The number of halogens is 1. The minimum Gasteiger partial charge on any atom is -0.484 e. The van der Waals surface area contributed by atoms with Gasteiger partial charge in [0.15, 0.2) is 6.61 Å². The Bertz CT molecular complexity index is 881. The molecule has 2 rings (SSSR count). The first kappa shape index (κ1) is 19.9. The first-order valence-corrected chi connectivity index (χ1v) is 9.47. The Morgan fingerprint density at radius 1 is 1.15 bits per heavy atom. The smallest absolute Gasteiger partial charge is 0.262 e. The topological polar surface area (TPSA) is 84.5 Å². The van der Waals surface area contributed by atoms with Crippen molar-refractivity contribution in [3.63, 3.8) is 0 Å². The van der Waals surface area contributed by atoms with Crippen LogP contribution in [0, 0.1) is 12.7 Å². The second kappa shape index (κ2) is 8.29. The molecule has 0 saturated heterocycles. The molecule has 2 aromatic rings. The lowest BCUT2D eigenvalue weighted by Crippen LogP contribution is -2.30. The highest BCUT2D eigenvalue weighted by atomic mass is 32.2. The van der Waals surface area contributed by atoms with Gasteiger partial charge in [0.2, 0.25) is 10.0 Å². The van der Waals surface area contributed by atoms with E-state index in [1.54, 1.807) is 26.8 Å². The van der Waals surface area contributed by atoms with Gasteiger partial charge in [0.05, 0.1) is 4.90 Å². The maximum Gasteiger partial charge on any atom is 0.262 e. The summed E-state index contributed by atoms with van der Waals surface area (Å²) in [5.74, 6) is -0.546. The van der Waals surface area contributed by atoms with E-state index in [0.29, 0.717) is 11.4 Å². The van der Waals surface area contributed by atoms with Crippen LogP contribution in [-0.4, -0.2) is 27.0 Å². The molecule has 0 atom stereocenters. The molecule has 1 amide bonds. The Morgan fingerprint density at radius 3 is 2.42 bits per heavy atom. The van der Waals surface area contributed by atoms with Crippen molar-refractivity contribution in [2.45, 2.75) is 31.7 Å². The zero-order valence-corrected chi connectivity index (χ0v) is 15.6. The summed E-state index contributed by atoms with van der Waals surface area (Å²) in [6.07, 6.45) is 0. The molecule has 2 N–H and O–H groups in total. The first-order valence-electron chi connectivity index (χ1n) is 7.98. The highest BCUT2D eigenvalue weighted by Gasteiger charge is 2.15. The number of nitrogens with one attached hydrogen (secondary N) is 2. The number of carbonyl (C=O) groups excluding carboxylic acids is 1. The molecule has 0 aliphatic carbocycles. The number of aryl methyl sites for hydroxylation is 1. The van der Waals surface area contributed by atoms with Crippen molar-refractivity contribution in [3.8, 4) is 5.75 Å². The predicted octanol–water partition coefficient (Wildman–Crippen LogP) is 2.84. The van der Waals surface area contributed by atoms with Crippen LogP contribution in [0.2, 0.25) is 0 Å². The Hall–Kier alpha value is -2.45. The minimum atomic E-state index is -3.58. The molecule has 0 unspecified atom stereocenters. The molecule has 0 aromatic heterocycles. The summed E-state index contributed by atoms with van der Waals surface area (Å²) in [6, 6.07) is 9.62. The number of benzene rings is 2. The second-order valence-corrected chi connectivity index (χ2v) is 7.76. The number of anilines is 1. The summed E-state index contributed by atoms with van der Waals surface area (Å²) in [5, 5.41) is 2.57. The Balaban J connectivity index is 1.95. The van der Waals surface area contributed by atoms with Gasteiger partial charge in [0.25, 0.3) is 5.91 Å². The van der Waals surface area contributed by atoms with Crippen molar-refractivity contribution in [2.75, 3.05) is 11.9 Å². The largest absolute Gasteiger partial charge is 0.484 e. The van der Waals surface area contributed by atoms with Crippen LogP contribution >= 0.6 is 0 Å². The van der Waals surface area contributed by atoms with E-state index < -0.39 is 21.7 Å².